The van der Waals surface area contributed by atoms with E-state index in [-0.39, 0.29) is 12.4 Å². The number of aryl methyl sites for hydroxylation is 1. The second-order valence-corrected chi connectivity index (χ2v) is 3.52. The van der Waals surface area contributed by atoms with Crippen LogP contribution in [0.25, 0.3) is 0 Å². The van der Waals surface area contributed by atoms with E-state index in [9.17, 15) is 0 Å². The second-order valence-electron chi connectivity index (χ2n) is 2.77. The Morgan fingerprint density at radius 3 is 3.00 bits per heavy atom. The van der Waals surface area contributed by atoms with Gasteiger partial charge in [0.15, 0.2) is 0 Å². The first-order valence-electron chi connectivity index (χ1n) is 3.74. The lowest BCUT2D eigenvalue weighted by Gasteiger charge is -2.14. The molecule has 3 nitrogen and oxygen atoms in total. The molecular weight excluding hydrogens is 241 g/mol. The Hall–Kier alpha value is -0.220. The summed E-state index contributed by atoms with van der Waals surface area (Å²) in [6.45, 7) is 1.07. The standard InChI is InChI=1S/C7H10BrN3.ClH/c1-11-7-5(6(8)10-11)3-2-4-9-7;/h9H,2-4H2,1H3;1H. The molecule has 68 valence electrons. The molecule has 0 spiro atoms. The van der Waals surface area contributed by atoms with Crippen LogP contribution >= 0.6 is 28.3 Å². The van der Waals surface area contributed by atoms with Gasteiger partial charge in [0.1, 0.15) is 10.4 Å². The highest BCUT2D eigenvalue weighted by atomic mass is 79.9. The van der Waals surface area contributed by atoms with Crippen molar-refractivity contribution in [2.45, 2.75) is 12.8 Å². The summed E-state index contributed by atoms with van der Waals surface area (Å²) in [5.41, 5.74) is 1.32. The third-order valence-electron chi connectivity index (χ3n) is 1.99. The molecule has 2 rings (SSSR count). The van der Waals surface area contributed by atoms with Crippen molar-refractivity contribution in [3.05, 3.63) is 10.2 Å². The van der Waals surface area contributed by atoms with Crippen LogP contribution in [0.3, 0.4) is 0 Å². The zero-order valence-corrected chi connectivity index (χ0v) is 9.20. The molecule has 1 aromatic heterocycles. The van der Waals surface area contributed by atoms with Gasteiger partial charge in [0.05, 0.1) is 0 Å². The Morgan fingerprint density at radius 1 is 1.58 bits per heavy atom. The third kappa shape index (κ3) is 1.45. The van der Waals surface area contributed by atoms with E-state index in [1.807, 2.05) is 11.7 Å². The van der Waals surface area contributed by atoms with Crippen molar-refractivity contribution in [2.75, 3.05) is 11.9 Å². The van der Waals surface area contributed by atoms with Gasteiger partial charge in [-0.3, -0.25) is 4.68 Å². The molecule has 0 aromatic carbocycles. The van der Waals surface area contributed by atoms with E-state index >= 15 is 0 Å². The van der Waals surface area contributed by atoms with Crippen LogP contribution in [-0.4, -0.2) is 16.3 Å². The molecule has 12 heavy (non-hydrogen) atoms. The molecular formula is C7H11BrClN3. The van der Waals surface area contributed by atoms with Gasteiger partial charge in [-0.25, -0.2) is 0 Å². The highest BCUT2D eigenvalue weighted by molar-refractivity contribution is 9.10. The van der Waals surface area contributed by atoms with Crippen LogP contribution in [0.15, 0.2) is 4.60 Å². The molecule has 1 aliphatic rings. The zero-order chi connectivity index (χ0) is 7.84. The Bertz CT molecular complexity index is 258. The topological polar surface area (TPSA) is 29.9 Å². The van der Waals surface area contributed by atoms with Gasteiger partial charge in [-0.05, 0) is 28.8 Å². The Morgan fingerprint density at radius 2 is 2.33 bits per heavy atom. The van der Waals surface area contributed by atoms with Crippen molar-refractivity contribution in [1.82, 2.24) is 9.78 Å². The van der Waals surface area contributed by atoms with E-state index in [1.165, 1.54) is 17.8 Å². The lowest BCUT2D eigenvalue weighted by molar-refractivity contribution is 0.747. The first-order valence-corrected chi connectivity index (χ1v) is 4.53. The van der Waals surface area contributed by atoms with Crippen molar-refractivity contribution in [3.8, 4) is 0 Å². The van der Waals surface area contributed by atoms with Crippen molar-refractivity contribution in [1.29, 1.82) is 0 Å². The molecule has 0 bridgehead atoms. The summed E-state index contributed by atoms with van der Waals surface area (Å²) in [5.74, 6) is 1.17. The summed E-state index contributed by atoms with van der Waals surface area (Å²) in [4.78, 5) is 0. The van der Waals surface area contributed by atoms with Crippen LogP contribution in [0, 0.1) is 0 Å². The fraction of sp³-hybridized carbons (Fsp3) is 0.571. The van der Waals surface area contributed by atoms with E-state index in [2.05, 4.69) is 26.3 Å². The van der Waals surface area contributed by atoms with Gasteiger partial charge < -0.3 is 5.32 Å². The number of fused-ring (bicyclic) bond motifs is 1. The Labute approximate surface area is 86.1 Å². The predicted octanol–water partition coefficient (Wildman–Crippen LogP) is 1.96. The first kappa shape index (κ1) is 9.86. The first-order chi connectivity index (χ1) is 5.29. The number of halogens is 2. The van der Waals surface area contributed by atoms with E-state index < -0.39 is 0 Å². The van der Waals surface area contributed by atoms with Crippen LogP contribution in [0.1, 0.15) is 12.0 Å². The second kappa shape index (κ2) is 3.66. The molecule has 0 atom stereocenters. The maximum Gasteiger partial charge on any atom is 0.133 e. The monoisotopic (exact) mass is 251 g/mol. The van der Waals surface area contributed by atoms with Gasteiger partial charge in [0.25, 0.3) is 0 Å². The average Bonchev–Trinajstić information content (AvgIpc) is 2.30. The van der Waals surface area contributed by atoms with Gasteiger partial charge in [-0.2, -0.15) is 5.10 Å². The zero-order valence-electron chi connectivity index (χ0n) is 6.80. The van der Waals surface area contributed by atoms with Crippen LogP contribution in [-0.2, 0) is 13.5 Å². The number of nitrogens with zero attached hydrogens (tertiary/aromatic N) is 2. The largest absolute Gasteiger partial charge is 0.370 e. The van der Waals surface area contributed by atoms with Gasteiger partial charge in [-0.1, -0.05) is 0 Å². The van der Waals surface area contributed by atoms with Crippen molar-refractivity contribution in [2.24, 2.45) is 7.05 Å². The van der Waals surface area contributed by atoms with Crippen LogP contribution in [0.2, 0.25) is 0 Å². The van der Waals surface area contributed by atoms with Crippen molar-refractivity contribution >= 4 is 34.2 Å². The SMILES string of the molecule is Cl.Cn1nc(Br)c2c1NCCC2. The van der Waals surface area contributed by atoms with Gasteiger partial charge in [0, 0.05) is 19.2 Å². The summed E-state index contributed by atoms with van der Waals surface area (Å²) in [7, 11) is 1.96. The number of nitrogens with one attached hydrogen (secondary N) is 1. The summed E-state index contributed by atoms with van der Waals surface area (Å²) in [6, 6.07) is 0. The smallest absolute Gasteiger partial charge is 0.133 e. The van der Waals surface area contributed by atoms with Gasteiger partial charge in [0.2, 0.25) is 0 Å². The minimum atomic E-state index is 0. The Kier molecular flexibility index (Phi) is 3.01. The third-order valence-corrected chi connectivity index (χ3v) is 2.63. The lowest BCUT2D eigenvalue weighted by Crippen LogP contribution is -2.13. The number of hydrogen-bond acceptors (Lipinski definition) is 2. The van der Waals surface area contributed by atoms with E-state index in [4.69, 9.17) is 0 Å². The van der Waals surface area contributed by atoms with Gasteiger partial charge in [-0.15, -0.1) is 12.4 Å². The molecule has 1 N–H and O–H groups in total. The minimum Gasteiger partial charge on any atom is -0.370 e. The molecule has 0 amide bonds. The molecule has 0 radical (unpaired) electrons. The lowest BCUT2D eigenvalue weighted by atomic mass is 10.1. The number of rotatable bonds is 0. The molecule has 0 fully saturated rings. The molecule has 5 heteroatoms. The molecule has 0 saturated carbocycles. The maximum absolute atomic E-state index is 4.26. The Balaban J connectivity index is 0.000000720. The minimum absolute atomic E-state index is 0. The van der Waals surface area contributed by atoms with E-state index in [0.717, 1.165) is 17.6 Å². The maximum atomic E-state index is 4.26. The molecule has 1 aromatic rings. The number of aromatic nitrogens is 2. The molecule has 2 heterocycles. The predicted molar refractivity (Wildman–Crippen MR) is 55.0 cm³/mol. The van der Waals surface area contributed by atoms with Gasteiger partial charge >= 0.3 is 0 Å². The average molecular weight is 253 g/mol. The highest BCUT2D eigenvalue weighted by Crippen LogP contribution is 2.27. The normalized spacial score (nSPS) is 14.5. The summed E-state index contributed by atoms with van der Waals surface area (Å²) in [6.07, 6.45) is 2.34. The highest BCUT2D eigenvalue weighted by Gasteiger charge is 2.16. The van der Waals surface area contributed by atoms with E-state index in [0.29, 0.717) is 0 Å². The summed E-state index contributed by atoms with van der Waals surface area (Å²) < 4.78 is 2.88. The van der Waals surface area contributed by atoms with Crippen LogP contribution < -0.4 is 5.32 Å². The molecule has 1 aliphatic heterocycles. The van der Waals surface area contributed by atoms with Crippen molar-refractivity contribution in [3.63, 3.8) is 0 Å². The number of anilines is 1. The van der Waals surface area contributed by atoms with Crippen molar-refractivity contribution < 1.29 is 0 Å². The number of hydrogen-bond donors (Lipinski definition) is 1. The van der Waals surface area contributed by atoms with Crippen LogP contribution in [0.5, 0.6) is 0 Å². The molecule has 0 unspecified atom stereocenters. The van der Waals surface area contributed by atoms with Crippen LogP contribution in [0.4, 0.5) is 5.82 Å². The molecule has 0 aliphatic carbocycles. The fourth-order valence-corrected chi connectivity index (χ4v) is 2.07. The van der Waals surface area contributed by atoms with E-state index in [1.54, 1.807) is 0 Å². The fourth-order valence-electron chi connectivity index (χ4n) is 1.45. The summed E-state index contributed by atoms with van der Waals surface area (Å²) >= 11 is 3.43. The molecule has 0 saturated heterocycles. The summed E-state index contributed by atoms with van der Waals surface area (Å²) in [5, 5.41) is 7.59. The quantitative estimate of drug-likeness (QED) is 0.765.